The molecule has 1 saturated heterocycles. The third kappa shape index (κ3) is 2.43. The van der Waals surface area contributed by atoms with Crippen LogP contribution in [0.2, 0.25) is 0 Å². The van der Waals surface area contributed by atoms with Gasteiger partial charge in [-0.05, 0) is 6.42 Å². The molecule has 82 valence electrons. The molecule has 0 aromatic heterocycles. The molecule has 1 fully saturated rings. The first-order valence-corrected chi connectivity index (χ1v) is 4.87. The predicted octanol–water partition coefficient (Wildman–Crippen LogP) is -0.457. The Bertz CT molecular complexity index is 197. The van der Waals surface area contributed by atoms with E-state index in [2.05, 4.69) is 0 Å². The van der Waals surface area contributed by atoms with E-state index in [0.29, 0.717) is 26.2 Å². The summed E-state index contributed by atoms with van der Waals surface area (Å²) < 4.78 is 5.18. The van der Waals surface area contributed by atoms with Gasteiger partial charge in [0.2, 0.25) is 0 Å². The maximum absolute atomic E-state index is 10.9. The second kappa shape index (κ2) is 5.29. The minimum atomic E-state index is -0.826. The summed E-state index contributed by atoms with van der Waals surface area (Å²) in [6.07, 6.45) is 0.547. The van der Waals surface area contributed by atoms with Crippen LogP contribution >= 0.6 is 0 Å². The molecule has 0 aromatic rings. The van der Waals surface area contributed by atoms with Crippen molar-refractivity contribution in [3.05, 3.63) is 0 Å². The SMILES string of the molecule is CCC(C(=O)O)N1CCOCC1CO. The summed E-state index contributed by atoms with van der Waals surface area (Å²) in [7, 11) is 0. The van der Waals surface area contributed by atoms with Crippen LogP contribution in [0, 0.1) is 0 Å². The number of hydrogen-bond acceptors (Lipinski definition) is 4. The molecule has 0 aromatic carbocycles. The van der Waals surface area contributed by atoms with Gasteiger partial charge in [-0.3, -0.25) is 9.69 Å². The van der Waals surface area contributed by atoms with Crippen LogP contribution in [0.1, 0.15) is 13.3 Å². The van der Waals surface area contributed by atoms with Gasteiger partial charge in [-0.2, -0.15) is 0 Å². The van der Waals surface area contributed by atoms with Gasteiger partial charge in [-0.15, -0.1) is 0 Å². The van der Waals surface area contributed by atoms with Gasteiger partial charge in [-0.25, -0.2) is 0 Å². The Hall–Kier alpha value is -0.650. The van der Waals surface area contributed by atoms with Crippen LogP contribution in [-0.4, -0.2) is 59.5 Å². The molecular weight excluding hydrogens is 186 g/mol. The highest BCUT2D eigenvalue weighted by Crippen LogP contribution is 2.13. The largest absolute Gasteiger partial charge is 0.480 e. The van der Waals surface area contributed by atoms with Gasteiger partial charge in [0.1, 0.15) is 6.04 Å². The van der Waals surface area contributed by atoms with Crippen LogP contribution in [0.5, 0.6) is 0 Å². The highest BCUT2D eigenvalue weighted by Gasteiger charge is 2.31. The number of hydrogen-bond donors (Lipinski definition) is 2. The number of rotatable bonds is 4. The van der Waals surface area contributed by atoms with Gasteiger partial charge in [0.25, 0.3) is 0 Å². The summed E-state index contributed by atoms with van der Waals surface area (Å²) >= 11 is 0. The van der Waals surface area contributed by atoms with E-state index in [-0.39, 0.29) is 12.6 Å². The molecule has 0 bridgehead atoms. The van der Waals surface area contributed by atoms with E-state index in [0.717, 1.165) is 0 Å². The van der Waals surface area contributed by atoms with Crippen molar-refractivity contribution in [3.8, 4) is 0 Å². The predicted molar refractivity (Wildman–Crippen MR) is 50.1 cm³/mol. The van der Waals surface area contributed by atoms with Crippen molar-refractivity contribution in [2.24, 2.45) is 0 Å². The zero-order valence-corrected chi connectivity index (χ0v) is 8.35. The number of aliphatic hydroxyl groups excluding tert-OH is 1. The van der Waals surface area contributed by atoms with Crippen molar-refractivity contribution >= 4 is 5.97 Å². The summed E-state index contributed by atoms with van der Waals surface area (Å²) in [6, 6.07) is -0.680. The molecule has 2 N–H and O–H groups in total. The molecule has 0 saturated carbocycles. The average molecular weight is 203 g/mol. The van der Waals surface area contributed by atoms with Crippen molar-refractivity contribution in [2.75, 3.05) is 26.4 Å². The maximum Gasteiger partial charge on any atom is 0.320 e. The molecule has 1 aliphatic rings. The first kappa shape index (κ1) is 11.4. The fraction of sp³-hybridized carbons (Fsp3) is 0.889. The Morgan fingerprint density at radius 3 is 2.93 bits per heavy atom. The number of morpholine rings is 1. The zero-order valence-electron chi connectivity index (χ0n) is 8.35. The van der Waals surface area contributed by atoms with Crippen LogP contribution < -0.4 is 0 Å². The van der Waals surface area contributed by atoms with E-state index in [1.807, 2.05) is 11.8 Å². The van der Waals surface area contributed by atoms with E-state index in [1.54, 1.807) is 0 Å². The summed E-state index contributed by atoms with van der Waals surface area (Å²) in [5.74, 6) is -0.826. The van der Waals surface area contributed by atoms with E-state index >= 15 is 0 Å². The average Bonchev–Trinajstić information content (AvgIpc) is 2.19. The molecule has 0 spiro atoms. The van der Waals surface area contributed by atoms with Gasteiger partial charge in [0.05, 0.1) is 25.9 Å². The van der Waals surface area contributed by atoms with Crippen molar-refractivity contribution in [2.45, 2.75) is 25.4 Å². The Kier molecular flexibility index (Phi) is 4.31. The normalized spacial score (nSPS) is 26.0. The van der Waals surface area contributed by atoms with Gasteiger partial charge < -0.3 is 14.9 Å². The second-order valence-corrected chi connectivity index (χ2v) is 3.41. The molecule has 14 heavy (non-hydrogen) atoms. The van der Waals surface area contributed by atoms with Crippen LogP contribution in [0.4, 0.5) is 0 Å². The summed E-state index contributed by atoms with van der Waals surface area (Å²) in [4.78, 5) is 12.7. The Morgan fingerprint density at radius 2 is 2.43 bits per heavy atom. The molecule has 5 heteroatoms. The van der Waals surface area contributed by atoms with Gasteiger partial charge in [-0.1, -0.05) is 6.92 Å². The topological polar surface area (TPSA) is 70.0 Å². The second-order valence-electron chi connectivity index (χ2n) is 3.41. The van der Waals surface area contributed by atoms with Gasteiger partial charge in [0, 0.05) is 6.54 Å². The van der Waals surface area contributed by atoms with E-state index in [1.165, 1.54) is 0 Å². The van der Waals surface area contributed by atoms with Crippen molar-refractivity contribution in [1.82, 2.24) is 4.90 Å². The van der Waals surface area contributed by atoms with Crippen molar-refractivity contribution in [1.29, 1.82) is 0 Å². The number of nitrogens with zero attached hydrogens (tertiary/aromatic N) is 1. The molecule has 0 aliphatic carbocycles. The molecule has 5 nitrogen and oxygen atoms in total. The zero-order chi connectivity index (χ0) is 10.6. The standard InChI is InChI=1S/C9H17NO4/c1-2-8(9(12)13)10-3-4-14-6-7(10)5-11/h7-8,11H,2-6H2,1H3,(H,12,13). The lowest BCUT2D eigenvalue weighted by Crippen LogP contribution is -2.54. The third-order valence-corrected chi connectivity index (χ3v) is 2.56. The van der Waals surface area contributed by atoms with Crippen LogP contribution in [0.25, 0.3) is 0 Å². The van der Waals surface area contributed by atoms with Crippen molar-refractivity contribution < 1.29 is 19.7 Å². The first-order chi connectivity index (χ1) is 6.70. The Morgan fingerprint density at radius 1 is 1.71 bits per heavy atom. The lowest BCUT2D eigenvalue weighted by atomic mass is 10.1. The van der Waals surface area contributed by atoms with Crippen molar-refractivity contribution in [3.63, 3.8) is 0 Å². The molecule has 0 amide bonds. The number of ether oxygens (including phenoxy) is 1. The lowest BCUT2D eigenvalue weighted by molar-refractivity contribution is -0.148. The van der Waals surface area contributed by atoms with Crippen LogP contribution in [-0.2, 0) is 9.53 Å². The fourth-order valence-electron chi connectivity index (χ4n) is 1.79. The Balaban J connectivity index is 2.65. The van der Waals surface area contributed by atoms with E-state index in [9.17, 15) is 4.79 Å². The first-order valence-electron chi connectivity index (χ1n) is 4.87. The minimum Gasteiger partial charge on any atom is -0.480 e. The summed E-state index contributed by atoms with van der Waals surface area (Å²) in [6.45, 7) is 3.32. The summed E-state index contributed by atoms with van der Waals surface area (Å²) in [5.41, 5.74) is 0. The number of carboxylic acids is 1. The number of carbonyl (C=O) groups is 1. The smallest absolute Gasteiger partial charge is 0.320 e. The summed E-state index contributed by atoms with van der Waals surface area (Å²) in [5, 5.41) is 18.0. The van der Waals surface area contributed by atoms with Gasteiger partial charge in [0.15, 0.2) is 0 Å². The monoisotopic (exact) mass is 203 g/mol. The number of aliphatic hydroxyl groups is 1. The van der Waals surface area contributed by atoms with E-state index < -0.39 is 12.0 Å². The number of carboxylic acid groups (broad SMARTS) is 1. The lowest BCUT2D eigenvalue weighted by Gasteiger charge is -2.37. The van der Waals surface area contributed by atoms with Gasteiger partial charge >= 0.3 is 5.97 Å². The Labute approximate surface area is 83.3 Å². The molecule has 1 rings (SSSR count). The molecule has 1 heterocycles. The third-order valence-electron chi connectivity index (χ3n) is 2.56. The molecule has 0 radical (unpaired) electrons. The quantitative estimate of drug-likeness (QED) is 0.647. The minimum absolute atomic E-state index is 0.0518. The highest BCUT2D eigenvalue weighted by molar-refractivity contribution is 5.73. The molecule has 2 atom stereocenters. The maximum atomic E-state index is 10.9. The molecule has 2 unspecified atom stereocenters. The molecule has 1 aliphatic heterocycles. The van der Waals surface area contributed by atoms with E-state index in [4.69, 9.17) is 14.9 Å². The van der Waals surface area contributed by atoms with Crippen LogP contribution in [0.3, 0.4) is 0 Å². The fourth-order valence-corrected chi connectivity index (χ4v) is 1.79. The number of aliphatic carboxylic acids is 1. The highest BCUT2D eigenvalue weighted by atomic mass is 16.5. The van der Waals surface area contributed by atoms with Crippen LogP contribution in [0.15, 0.2) is 0 Å². The molecular formula is C9H17NO4.